The molecule has 0 N–H and O–H groups in total. The zero-order valence-electron chi connectivity index (χ0n) is 8.66. The Balaban J connectivity index is 1.98. The summed E-state index contributed by atoms with van der Waals surface area (Å²) < 4.78 is 10.2. The van der Waals surface area contributed by atoms with E-state index in [4.69, 9.17) is 4.74 Å². The van der Waals surface area contributed by atoms with Crippen molar-refractivity contribution < 1.29 is 14.3 Å². The summed E-state index contributed by atoms with van der Waals surface area (Å²) in [5, 5.41) is 0. The Hall–Kier alpha value is -0.830. The van der Waals surface area contributed by atoms with Crippen LogP contribution in [-0.4, -0.2) is 25.3 Å². The Bertz CT molecular complexity index is 270. The maximum Gasteiger partial charge on any atom is 0.333 e. The predicted molar refractivity (Wildman–Crippen MR) is 51.8 cm³/mol. The normalized spacial score (nSPS) is 36.1. The fraction of sp³-hybridized carbons (Fsp3) is 0.727. The molecule has 0 aromatic rings. The molecule has 3 atom stereocenters. The summed E-state index contributed by atoms with van der Waals surface area (Å²) in [4.78, 5) is 11.2. The van der Waals surface area contributed by atoms with E-state index in [2.05, 4.69) is 4.74 Å². The maximum absolute atomic E-state index is 11.2. The van der Waals surface area contributed by atoms with Crippen LogP contribution in [0.3, 0.4) is 0 Å². The lowest BCUT2D eigenvalue weighted by Gasteiger charge is -2.14. The molecule has 0 aromatic heterocycles. The van der Waals surface area contributed by atoms with Gasteiger partial charge in [0.1, 0.15) is 0 Å². The molecule has 2 aliphatic rings. The first kappa shape index (κ1) is 9.71. The van der Waals surface area contributed by atoms with Gasteiger partial charge in [0.25, 0.3) is 0 Å². The van der Waals surface area contributed by atoms with Crippen molar-refractivity contribution in [2.24, 2.45) is 5.92 Å². The molecule has 0 amide bonds. The highest BCUT2D eigenvalue weighted by Crippen LogP contribution is 2.41. The van der Waals surface area contributed by atoms with Gasteiger partial charge in [-0.05, 0) is 19.8 Å². The third-order valence-electron chi connectivity index (χ3n) is 3.04. The van der Waals surface area contributed by atoms with Crippen molar-refractivity contribution in [1.82, 2.24) is 0 Å². The van der Waals surface area contributed by atoms with Gasteiger partial charge in [0.2, 0.25) is 0 Å². The number of epoxide rings is 1. The average Bonchev–Trinajstić information content (AvgIpc) is 2.96. The highest BCUT2D eigenvalue weighted by molar-refractivity contribution is 5.87. The molecule has 1 aliphatic carbocycles. The summed E-state index contributed by atoms with van der Waals surface area (Å²) in [6, 6.07) is 0. The lowest BCUT2D eigenvalue weighted by atomic mass is 9.88. The van der Waals surface area contributed by atoms with Crippen molar-refractivity contribution in [1.29, 1.82) is 0 Å². The minimum absolute atomic E-state index is 0.229. The smallest absolute Gasteiger partial charge is 0.333 e. The fourth-order valence-electron chi connectivity index (χ4n) is 2.21. The van der Waals surface area contributed by atoms with Gasteiger partial charge < -0.3 is 9.47 Å². The molecule has 0 aromatic carbocycles. The van der Waals surface area contributed by atoms with Gasteiger partial charge in [-0.1, -0.05) is 12.5 Å². The minimum Gasteiger partial charge on any atom is -0.466 e. The Morgan fingerprint density at radius 2 is 2.29 bits per heavy atom. The molecular formula is C11H16O3. The van der Waals surface area contributed by atoms with E-state index in [0.717, 1.165) is 6.42 Å². The molecule has 78 valence electrons. The van der Waals surface area contributed by atoms with E-state index < -0.39 is 0 Å². The number of fused-ring (bicyclic) bond motifs is 1. The molecule has 1 saturated heterocycles. The first-order valence-corrected chi connectivity index (χ1v) is 5.14. The summed E-state index contributed by atoms with van der Waals surface area (Å²) in [5.74, 6) is 0.195. The monoisotopic (exact) mass is 196 g/mol. The Morgan fingerprint density at radius 3 is 3.00 bits per heavy atom. The van der Waals surface area contributed by atoms with Crippen LogP contribution in [0.25, 0.3) is 0 Å². The SMILES string of the molecule is COC(=O)/C(C)=C/C1CCCC2OC12. The van der Waals surface area contributed by atoms with E-state index in [9.17, 15) is 4.79 Å². The molecular weight excluding hydrogens is 180 g/mol. The van der Waals surface area contributed by atoms with Crippen LogP contribution in [0.5, 0.6) is 0 Å². The van der Waals surface area contributed by atoms with Crippen LogP contribution in [0.1, 0.15) is 26.2 Å². The number of rotatable bonds is 2. The minimum atomic E-state index is -0.229. The quantitative estimate of drug-likeness (QED) is 0.383. The number of carbonyl (C=O) groups excluding carboxylic acids is 1. The van der Waals surface area contributed by atoms with Crippen molar-refractivity contribution in [3.05, 3.63) is 11.6 Å². The van der Waals surface area contributed by atoms with E-state index in [1.807, 2.05) is 6.08 Å². The first-order chi connectivity index (χ1) is 6.72. The van der Waals surface area contributed by atoms with Crippen LogP contribution >= 0.6 is 0 Å². The zero-order valence-corrected chi connectivity index (χ0v) is 8.66. The van der Waals surface area contributed by atoms with Crippen molar-refractivity contribution in [2.75, 3.05) is 7.11 Å². The maximum atomic E-state index is 11.2. The van der Waals surface area contributed by atoms with E-state index in [1.165, 1.54) is 20.0 Å². The lowest BCUT2D eigenvalue weighted by molar-refractivity contribution is -0.136. The van der Waals surface area contributed by atoms with Gasteiger partial charge in [-0.3, -0.25) is 0 Å². The second-order valence-electron chi connectivity index (χ2n) is 4.08. The summed E-state index contributed by atoms with van der Waals surface area (Å²) in [6.07, 6.45) is 6.38. The summed E-state index contributed by atoms with van der Waals surface area (Å²) >= 11 is 0. The summed E-state index contributed by atoms with van der Waals surface area (Å²) in [7, 11) is 1.41. The number of methoxy groups -OCH3 is 1. The Morgan fingerprint density at radius 1 is 1.50 bits per heavy atom. The van der Waals surface area contributed by atoms with Gasteiger partial charge in [-0.15, -0.1) is 0 Å². The van der Waals surface area contributed by atoms with Gasteiger partial charge >= 0.3 is 5.97 Å². The largest absolute Gasteiger partial charge is 0.466 e. The molecule has 0 spiro atoms. The molecule has 14 heavy (non-hydrogen) atoms. The van der Waals surface area contributed by atoms with E-state index in [-0.39, 0.29) is 5.97 Å². The van der Waals surface area contributed by atoms with E-state index in [1.54, 1.807) is 6.92 Å². The van der Waals surface area contributed by atoms with Crippen LogP contribution in [0.15, 0.2) is 11.6 Å². The summed E-state index contributed by atoms with van der Waals surface area (Å²) in [5.41, 5.74) is 0.702. The van der Waals surface area contributed by atoms with Gasteiger partial charge in [0.15, 0.2) is 0 Å². The topological polar surface area (TPSA) is 38.8 Å². The van der Waals surface area contributed by atoms with Gasteiger partial charge in [-0.25, -0.2) is 4.79 Å². The number of hydrogen-bond donors (Lipinski definition) is 0. The van der Waals surface area contributed by atoms with Gasteiger partial charge in [0, 0.05) is 11.5 Å². The van der Waals surface area contributed by atoms with Crippen LogP contribution < -0.4 is 0 Å². The van der Waals surface area contributed by atoms with Crippen LogP contribution in [0.2, 0.25) is 0 Å². The number of carbonyl (C=O) groups is 1. The van der Waals surface area contributed by atoms with Crippen molar-refractivity contribution in [2.45, 2.75) is 38.4 Å². The fourth-order valence-corrected chi connectivity index (χ4v) is 2.21. The van der Waals surface area contributed by atoms with Crippen molar-refractivity contribution >= 4 is 5.97 Å². The first-order valence-electron chi connectivity index (χ1n) is 5.14. The van der Waals surface area contributed by atoms with Crippen molar-refractivity contribution in [3.63, 3.8) is 0 Å². The number of ether oxygens (including phenoxy) is 2. The third kappa shape index (κ3) is 1.82. The molecule has 1 heterocycles. The third-order valence-corrected chi connectivity index (χ3v) is 3.04. The van der Waals surface area contributed by atoms with Gasteiger partial charge in [0.05, 0.1) is 19.3 Å². The highest BCUT2D eigenvalue weighted by Gasteiger charge is 2.46. The van der Waals surface area contributed by atoms with E-state index in [0.29, 0.717) is 23.7 Å². The van der Waals surface area contributed by atoms with Crippen LogP contribution in [0.4, 0.5) is 0 Å². The molecule has 0 radical (unpaired) electrons. The lowest BCUT2D eigenvalue weighted by Crippen LogP contribution is -2.15. The predicted octanol–water partition coefficient (Wildman–Crippen LogP) is 1.67. The Kier molecular flexibility index (Phi) is 2.59. The number of esters is 1. The Labute approximate surface area is 84.1 Å². The zero-order chi connectivity index (χ0) is 10.1. The average molecular weight is 196 g/mol. The molecule has 3 unspecified atom stereocenters. The molecule has 2 rings (SSSR count). The van der Waals surface area contributed by atoms with E-state index >= 15 is 0 Å². The highest BCUT2D eigenvalue weighted by atomic mass is 16.6. The second-order valence-corrected chi connectivity index (χ2v) is 4.08. The molecule has 1 aliphatic heterocycles. The molecule has 2 fully saturated rings. The molecule has 0 bridgehead atoms. The molecule has 3 nitrogen and oxygen atoms in total. The van der Waals surface area contributed by atoms with Crippen LogP contribution in [-0.2, 0) is 14.3 Å². The van der Waals surface area contributed by atoms with Crippen molar-refractivity contribution in [3.8, 4) is 0 Å². The molecule has 1 saturated carbocycles. The second kappa shape index (κ2) is 3.73. The van der Waals surface area contributed by atoms with Gasteiger partial charge in [-0.2, -0.15) is 0 Å². The van der Waals surface area contributed by atoms with Crippen LogP contribution in [0, 0.1) is 5.92 Å². The summed E-state index contributed by atoms with van der Waals surface area (Å²) in [6.45, 7) is 1.80. The number of hydrogen-bond acceptors (Lipinski definition) is 3. The standard InChI is InChI=1S/C11H16O3/c1-7(11(12)13-2)6-8-4-3-5-9-10(8)14-9/h6,8-10H,3-5H2,1-2H3/b7-6+. The molecule has 3 heteroatoms.